The van der Waals surface area contributed by atoms with Gasteiger partial charge in [-0.1, -0.05) is 32.9 Å². The van der Waals surface area contributed by atoms with E-state index in [4.69, 9.17) is 0 Å². The SMILES string of the molecule is CC12CCC(CC1=NNC(=O)CN1C(=O)C3CC=CCC3C1=O)C2(C)C. The molecule has 140 valence electrons. The molecule has 1 aliphatic heterocycles. The van der Waals surface area contributed by atoms with Crippen molar-refractivity contribution >= 4 is 23.4 Å². The molecule has 4 atom stereocenters. The van der Waals surface area contributed by atoms with E-state index in [1.807, 2.05) is 12.2 Å². The second kappa shape index (κ2) is 5.76. The number of rotatable bonds is 3. The number of allylic oxidation sites excluding steroid dienone is 2. The van der Waals surface area contributed by atoms with E-state index in [1.165, 1.54) is 6.42 Å². The molecule has 6 heteroatoms. The standard InChI is InChI=1S/C20H27N3O3/c1-19(2)12-8-9-20(19,3)15(10-12)21-22-16(24)11-23-17(25)13-6-4-5-7-14(13)18(23)26/h4-5,12-14H,6-11H2,1-3H3,(H,22,24). The maximum absolute atomic E-state index is 12.4. The van der Waals surface area contributed by atoms with Gasteiger partial charge in [0.15, 0.2) is 0 Å². The summed E-state index contributed by atoms with van der Waals surface area (Å²) in [6.07, 6.45) is 8.29. The lowest BCUT2D eigenvalue weighted by Gasteiger charge is -2.34. The highest BCUT2D eigenvalue weighted by molar-refractivity contribution is 6.07. The number of hydrogen-bond donors (Lipinski definition) is 1. The molecule has 0 aromatic rings. The normalized spacial score (nSPS) is 39.0. The zero-order valence-corrected chi connectivity index (χ0v) is 15.7. The lowest BCUT2D eigenvalue weighted by molar-refractivity contribution is -0.143. The van der Waals surface area contributed by atoms with Crippen LogP contribution >= 0.6 is 0 Å². The van der Waals surface area contributed by atoms with Gasteiger partial charge in [-0.15, -0.1) is 0 Å². The fourth-order valence-electron chi connectivity index (χ4n) is 5.43. The fourth-order valence-corrected chi connectivity index (χ4v) is 5.43. The second-order valence-corrected chi connectivity index (χ2v) is 9.01. The molecule has 1 heterocycles. The van der Waals surface area contributed by atoms with Gasteiger partial charge < -0.3 is 0 Å². The molecule has 26 heavy (non-hydrogen) atoms. The number of carbonyl (C=O) groups is 3. The summed E-state index contributed by atoms with van der Waals surface area (Å²) >= 11 is 0. The first-order valence-electron chi connectivity index (χ1n) is 9.62. The largest absolute Gasteiger partial charge is 0.274 e. The molecule has 3 fully saturated rings. The minimum atomic E-state index is -0.394. The van der Waals surface area contributed by atoms with Gasteiger partial charge in [-0.25, -0.2) is 5.43 Å². The van der Waals surface area contributed by atoms with Crippen molar-refractivity contribution in [3.63, 3.8) is 0 Å². The first-order valence-corrected chi connectivity index (χ1v) is 9.62. The molecule has 1 saturated heterocycles. The van der Waals surface area contributed by atoms with Crippen molar-refractivity contribution in [3.05, 3.63) is 12.2 Å². The minimum Gasteiger partial charge on any atom is -0.274 e. The van der Waals surface area contributed by atoms with Crippen molar-refractivity contribution in [2.75, 3.05) is 6.54 Å². The Kier molecular flexibility index (Phi) is 3.86. The fraction of sp³-hybridized carbons (Fsp3) is 0.700. The smallest absolute Gasteiger partial charge is 0.260 e. The third kappa shape index (κ3) is 2.30. The van der Waals surface area contributed by atoms with Crippen LogP contribution in [0.4, 0.5) is 0 Å². The number of carbonyl (C=O) groups excluding carboxylic acids is 3. The predicted molar refractivity (Wildman–Crippen MR) is 96.9 cm³/mol. The number of amides is 3. The highest BCUT2D eigenvalue weighted by atomic mass is 16.2. The Bertz CT molecular complexity index is 713. The number of imide groups is 1. The molecule has 2 saturated carbocycles. The van der Waals surface area contributed by atoms with Gasteiger partial charge in [0, 0.05) is 11.1 Å². The third-order valence-electron chi connectivity index (χ3n) is 7.73. The summed E-state index contributed by atoms with van der Waals surface area (Å²) in [5, 5.41) is 4.41. The van der Waals surface area contributed by atoms with Gasteiger partial charge in [-0.3, -0.25) is 19.3 Å². The van der Waals surface area contributed by atoms with Crippen LogP contribution in [0, 0.1) is 28.6 Å². The van der Waals surface area contributed by atoms with Gasteiger partial charge in [0.1, 0.15) is 6.54 Å². The quantitative estimate of drug-likeness (QED) is 0.478. The van der Waals surface area contributed by atoms with Gasteiger partial charge in [0.2, 0.25) is 11.8 Å². The van der Waals surface area contributed by atoms with Gasteiger partial charge in [0.25, 0.3) is 5.91 Å². The number of nitrogens with zero attached hydrogens (tertiary/aromatic N) is 2. The van der Waals surface area contributed by atoms with Crippen molar-refractivity contribution in [1.29, 1.82) is 0 Å². The summed E-state index contributed by atoms with van der Waals surface area (Å²) in [6.45, 7) is 6.57. The van der Waals surface area contributed by atoms with Crippen molar-refractivity contribution < 1.29 is 14.4 Å². The Balaban J connectivity index is 1.41. The van der Waals surface area contributed by atoms with Crippen LogP contribution < -0.4 is 5.43 Å². The summed E-state index contributed by atoms with van der Waals surface area (Å²) < 4.78 is 0. The minimum absolute atomic E-state index is 0.0187. The first kappa shape index (κ1) is 17.4. The molecule has 3 amide bonds. The lowest BCUT2D eigenvalue weighted by Crippen LogP contribution is -2.40. The first-order chi connectivity index (χ1) is 12.3. The molecule has 0 radical (unpaired) electrons. The van der Waals surface area contributed by atoms with Crippen molar-refractivity contribution in [1.82, 2.24) is 10.3 Å². The van der Waals surface area contributed by atoms with E-state index >= 15 is 0 Å². The number of likely N-dealkylation sites (tertiary alicyclic amines) is 1. The maximum Gasteiger partial charge on any atom is 0.260 e. The molecule has 6 nitrogen and oxygen atoms in total. The van der Waals surface area contributed by atoms with Gasteiger partial charge in [-0.05, 0) is 43.4 Å². The molecular formula is C20H27N3O3. The van der Waals surface area contributed by atoms with Gasteiger partial charge >= 0.3 is 0 Å². The Morgan fingerprint density at radius 1 is 1.19 bits per heavy atom. The van der Waals surface area contributed by atoms with Crippen LogP contribution in [-0.2, 0) is 14.4 Å². The topological polar surface area (TPSA) is 78.8 Å². The van der Waals surface area contributed by atoms with E-state index in [1.54, 1.807) is 0 Å². The lowest BCUT2D eigenvalue weighted by atomic mass is 9.70. The third-order valence-corrected chi connectivity index (χ3v) is 7.73. The van der Waals surface area contributed by atoms with E-state index in [-0.39, 0.29) is 41.0 Å². The van der Waals surface area contributed by atoms with E-state index < -0.39 is 5.91 Å². The van der Waals surface area contributed by atoms with Crippen LogP contribution in [-0.4, -0.2) is 34.9 Å². The average molecular weight is 357 g/mol. The molecule has 0 aromatic carbocycles. The molecule has 3 aliphatic carbocycles. The number of fused-ring (bicyclic) bond motifs is 3. The molecule has 0 aromatic heterocycles. The Labute approximate surface area is 154 Å². The second-order valence-electron chi connectivity index (χ2n) is 9.01. The van der Waals surface area contributed by atoms with Crippen molar-refractivity contribution in [2.45, 2.75) is 52.9 Å². The highest BCUT2D eigenvalue weighted by Crippen LogP contribution is 2.63. The summed E-state index contributed by atoms with van der Waals surface area (Å²) in [6, 6.07) is 0. The van der Waals surface area contributed by atoms with E-state index in [2.05, 4.69) is 31.3 Å². The summed E-state index contributed by atoms with van der Waals surface area (Å²) in [4.78, 5) is 38.3. The van der Waals surface area contributed by atoms with Crippen LogP contribution in [0.2, 0.25) is 0 Å². The van der Waals surface area contributed by atoms with Crippen LogP contribution in [0.25, 0.3) is 0 Å². The number of hydrazone groups is 1. The zero-order chi connectivity index (χ0) is 18.7. The molecule has 4 aliphatic rings. The number of nitrogens with one attached hydrogen (secondary N) is 1. The Morgan fingerprint density at radius 3 is 2.31 bits per heavy atom. The predicted octanol–water partition coefficient (Wildman–Crippen LogP) is 2.26. The molecule has 4 unspecified atom stereocenters. The molecule has 0 spiro atoms. The highest BCUT2D eigenvalue weighted by Gasteiger charge is 2.60. The maximum atomic E-state index is 12.4. The molecule has 1 N–H and O–H groups in total. The summed E-state index contributed by atoms with van der Waals surface area (Å²) in [5.74, 6) is -0.815. The average Bonchev–Trinajstić information content (AvgIpc) is 3.07. The summed E-state index contributed by atoms with van der Waals surface area (Å²) in [7, 11) is 0. The Morgan fingerprint density at radius 2 is 1.81 bits per heavy atom. The van der Waals surface area contributed by atoms with Gasteiger partial charge in [-0.2, -0.15) is 5.10 Å². The molecular weight excluding hydrogens is 330 g/mol. The molecule has 4 rings (SSSR count). The monoisotopic (exact) mass is 357 g/mol. The van der Waals surface area contributed by atoms with E-state index in [0.717, 1.165) is 23.5 Å². The zero-order valence-electron chi connectivity index (χ0n) is 15.7. The molecule has 2 bridgehead atoms. The Hall–Kier alpha value is -1.98. The van der Waals surface area contributed by atoms with Gasteiger partial charge in [0.05, 0.1) is 11.8 Å². The van der Waals surface area contributed by atoms with Crippen LogP contribution in [0.5, 0.6) is 0 Å². The van der Waals surface area contributed by atoms with Crippen LogP contribution in [0.15, 0.2) is 17.3 Å². The van der Waals surface area contributed by atoms with Crippen molar-refractivity contribution in [2.24, 2.45) is 33.7 Å². The van der Waals surface area contributed by atoms with Crippen LogP contribution in [0.1, 0.15) is 52.9 Å². The van der Waals surface area contributed by atoms with Crippen molar-refractivity contribution in [3.8, 4) is 0 Å². The van der Waals surface area contributed by atoms with E-state index in [0.29, 0.717) is 18.8 Å². The van der Waals surface area contributed by atoms with Crippen LogP contribution in [0.3, 0.4) is 0 Å². The van der Waals surface area contributed by atoms with E-state index in [9.17, 15) is 14.4 Å². The summed E-state index contributed by atoms with van der Waals surface area (Å²) in [5.41, 5.74) is 3.87. The number of hydrogen-bond acceptors (Lipinski definition) is 4.